The van der Waals surface area contributed by atoms with E-state index >= 15 is 0 Å². The molecule has 0 radical (unpaired) electrons. The van der Waals surface area contributed by atoms with Crippen molar-refractivity contribution in [1.82, 2.24) is 0 Å². The molecule has 0 aliphatic rings. The first-order valence-electron chi connectivity index (χ1n) is 4.89. The molecule has 0 unspecified atom stereocenters. The van der Waals surface area contributed by atoms with Gasteiger partial charge in [0, 0.05) is 16.5 Å². The highest BCUT2D eigenvalue weighted by molar-refractivity contribution is 9.10. The van der Waals surface area contributed by atoms with Gasteiger partial charge in [-0.1, -0.05) is 45.2 Å². The average molecular weight is 368 g/mol. The molecule has 0 aliphatic carbocycles. The van der Waals surface area contributed by atoms with Crippen LogP contribution in [-0.4, -0.2) is 5.78 Å². The maximum absolute atomic E-state index is 13.6. The minimum absolute atomic E-state index is 0.0358. The minimum Gasteiger partial charge on any atom is -0.294 e. The summed E-state index contributed by atoms with van der Waals surface area (Å²) in [6.07, 6.45) is -0.0358. The Morgan fingerprint density at radius 1 is 1.33 bits per heavy atom. The fourth-order valence-electron chi connectivity index (χ4n) is 1.46. The lowest BCUT2D eigenvalue weighted by Crippen LogP contribution is -2.04. The predicted molar refractivity (Wildman–Crippen MR) is 76.5 cm³/mol. The molecule has 0 atom stereocenters. The van der Waals surface area contributed by atoms with Gasteiger partial charge in [-0.05, 0) is 23.8 Å². The summed E-state index contributed by atoms with van der Waals surface area (Å²) in [5, 5.41) is 0. The van der Waals surface area contributed by atoms with Crippen molar-refractivity contribution < 1.29 is 9.18 Å². The summed E-state index contributed by atoms with van der Waals surface area (Å²) >= 11 is 15.9. The second kappa shape index (κ2) is 5.70. The number of carbonyl (C=O) groups excluding carboxylic acids is 1. The highest BCUT2D eigenvalue weighted by Gasteiger charge is 2.16. The molecule has 1 heterocycles. The molecule has 0 N–H and O–H groups in total. The van der Waals surface area contributed by atoms with Gasteiger partial charge in [0.1, 0.15) is 10.2 Å². The van der Waals surface area contributed by atoms with E-state index in [0.717, 1.165) is 11.3 Å². The molecule has 0 saturated heterocycles. The number of rotatable bonds is 3. The van der Waals surface area contributed by atoms with Gasteiger partial charge in [-0.25, -0.2) is 4.39 Å². The van der Waals surface area contributed by atoms with Crippen LogP contribution in [0.25, 0.3) is 0 Å². The molecule has 1 aromatic carbocycles. The van der Waals surface area contributed by atoms with Crippen molar-refractivity contribution in [3.8, 4) is 0 Å². The summed E-state index contributed by atoms with van der Waals surface area (Å²) in [6, 6.07) is 6.09. The monoisotopic (exact) mass is 366 g/mol. The Labute approximate surface area is 126 Å². The Bertz CT molecular complexity index is 612. The lowest BCUT2D eigenvalue weighted by Gasteiger charge is -2.02. The Kier molecular flexibility index (Phi) is 4.43. The Balaban J connectivity index is 2.24. The van der Waals surface area contributed by atoms with Gasteiger partial charge in [-0.2, -0.15) is 0 Å². The van der Waals surface area contributed by atoms with Crippen LogP contribution in [0.4, 0.5) is 4.39 Å². The Morgan fingerprint density at radius 2 is 2.06 bits per heavy atom. The zero-order valence-corrected chi connectivity index (χ0v) is 12.8. The molecule has 1 aromatic heterocycles. The van der Waals surface area contributed by atoms with Crippen molar-refractivity contribution >= 4 is 56.3 Å². The average Bonchev–Trinajstić information content (AvgIpc) is 2.62. The third kappa shape index (κ3) is 3.12. The van der Waals surface area contributed by atoms with Crippen molar-refractivity contribution in [2.75, 3.05) is 0 Å². The van der Waals surface area contributed by atoms with E-state index in [0.29, 0.717) is 24.3 Å². The van der Waals surface area contributed by atoms with Crippen LogP contribution in [-0.2, 0) is 6.42 Å². The van der Waals surface area contributed by atoms with Crippen LogP contribution in [0, 0.1) is 5.82 Å². The van der Waals surface area contributed by atoms with Gasteiger partial charge in [0.15, 0.2) is 5.78 Å². The van der Waals surface area contributed by atoms with Crippen LogP contribution in [0.2, 0.25) is 8.67 Å². The maximum atomic E-state index is 13.6. The largest absolute Gasteiger partial charge is 0.294 e. The highest BCUT2D eigenvalue weighted by Crippen LogP contribution is 2.32. The van der Waals surface area contributed by atoms with Crippen LogP contribution < -0.4 is 0 Å². The van der Waals surface area contributed by atoms with Gasteiger partial charge >= 0.3 is 0 Å². The summed E-state index contributed by atoms with van der Waals surface area (Å²) in [5.41, 5.74) is 0.676. The molecule has 0 spiro atoms. The van der Waals surface area contributed by atoms with E-state index in [1.165, 1.54) is 12.1 Å². The summed E-state index contributed by atoms with van der Waals surface area (Å²) in [7, 11) is 0. The van der Waals surface area contributed by atoms with Crippen LogP contribution in [0.15, 0.2) is 28.7 Å². The third-order valence-electron chi connectivity index (χ3n) is 2.32. The van der Waals surface area contributed by atoms with Crippen LogP contribution in [0.3, 0.4) is 0 Å². The second-order valence-corrected chi connectivity index (χ2v) is 6.77. The van der Waals surface area contributed by atoms with E-state index in [9.17, 15) is 9.18 Å². The van der Waals surface area contributed by atoms with Gasteiger partial charge in [-0.15, -0.1) is 11.3 Å². The van der Waals surface area contributed by atoms with Crippen LogP contribution in [0.5, 0.6) is 0 Å². The van der Waals surface area contributed by atoms with Gasteiger partial charge < -0.3 is 0 Å². The third-order valence-corrected chi connectivity index (χ3v) is 4.30. The van der Waals surface area contributed by atoms with Crippen LogP contribution >= 0.6 is 50.5 Å². The first-order valence-corrected chi connectivity index (χ1v) is 7.26. The normalized spacial score (nSPS) is 10.7. The number of ketones is 1. The maximum Gasteiger partial charge on any atom is 0.169 e. The molecular formula is C12H6BrCl2FOS. The van der Waals surface area contributed by atoms with E-state index in [-0.39, 0.29) is 12.2 Å². The number of Topliss-reactive ketones (excluding diaryl/α,β-unsaturated/α-hetero) is 1. The number of carbonyl (C=O) groups is 1. The molecule has 2 aromatic rings. The summed E-state index contributed by atoms with van der Waals surface area (Å²) in [4.78, 5) is 12.0. The fraction of sp³-hybridized carbons (Fsp3) is 0.0833. The van der Waals surface area contributed by atoms with Gasteiger partial charge in [0.05, 0.1) is 4.34 Å². The molecule has 94 valence electrons. The van der Waals surface area contributed by atoms with E-state index in [1.54, 1.807) is 12.1 Å². The summed E-state index contributed by atoms with van der Waals surface area (Å²) in [6.45, 7) is 0. The predicted octanol–water partition coefficient (Wildman–Crippen LogP) is 5.38. The standard InChI is InChI=1S/C12H6BrCl2FOS/c13-7-2-1-6(9(16)4-7)3-10(17)8-5-11(14)18-12(8)15/h1-2,4-5H,3H2. The van der Waals surface area contributed by atoms with E-state index in [1.807, 2.05) is 0 Å². The molecule has 0 fully saturated rings. The molecule has 1 nitrogen and oxygen atoms in total. The quantitative estimate of drug-likeness (QED) is 0.665. The molecule has 0 aliphatic heterocycles. The summed E-state index contributed by atoms with van der Waals surface area (Å²) in [5.74, 6) is -0.667. The molecule has 2 rings (SSSR count). The minimum atomic E-state index is -0.421. The lowest BCUT2D eigenvalue weighted by molar-refractivity contribution is 0.0992. The van der Waals surface area contributed by atoms with E-state index in [2.05, 4.69) is 15.9 Å². The molecule has 18 heavy (non-hydrogen) atoms. The molecule has 6 heteroatoms. The smallest absolute Gasteiger partial charge is 0.169 e. The second-order valence-electron chi connectivity index (χ2n) is 3.57. The van der Waals surface area contributed by atoms with Crippen molar-refractivity contribution in [2.24, 2.45) is 0 Å². The summed E-state index contributed by atoms with van der Waals surface area (Å²) < 4.78 is 15.0. The number of halogens is 4. The van der Waals surface area contributed by atoms with Crippen molar-refractivity contribution in [2.45, 2.75) is 6.42 Å². The lowest BCUT2D eigenvalue weighted by atomic mass is 10.1. The van der Waals surface area contributed by atoms with Crippen LogP contribution in [0.1, 0.15) is 15.9 Å². The number of hydrogen-bond acceptors (Lipinski definition) is 2. The van der Waals surface area contributed by atoms with Crippen molar-refractivity contribution in [3.05, 3.63) is 54.4 Å². The van der Waals surface area contributed by atoms with E-state index in [4.69, 9.17) is 23.2 Å². The van der Waals surface area contributed by atoms with Crippen molar-refractivity contribution in [3.63, 3.8) is 0 Å². The molecular weight excluding hydrogens is 362 g/mol. The Hall–Kier alpha value is -0.420. The topological polar surface area (TPSA) is 17.1 Å². The van der Waals surface area contributed by atoms with Gasteiger partial charge in [0.2, 0.25) is 0 Å². The number of benzene rings is 1. The van der Waals surface area contributed by atoms with Crippen molar-refractivity contribution in [1.29, 1.82) is 0 Å². The number of thiophene rings is 1. The van der Waals surface area contributed by atoms with E-state index < -0.39 is 5.82 Å². The molecule has 0 bridgehead atoms. The first kappa shape index (κ1) is 14.0. The fourth-order valence-corrected chi connectivity index (χ4v) is 3.30. The Morgan fingerprint density at radius 3 is 2.61 bits per heavy atom. The molecule has 0 amide bonds. The molecule has 0 saturated carbocycles. The highest BCUT2D eigenvalue weighted by atomic mass is 79.9. The first-order chi connectivity index (χ1) is 8.47. The van der Waals surface area contributed by atoms with Gasteiger partial charge in [0.25, 0.3) is 0 Å². The number of hydrogen-bond donors (Lipinski definition) is 0. The zero-order chi connectivity index (χ0) is 13.3. The zero-order valence-electron chi connectivity index (χ0n) is 8.84. The van der Waals surface area contributed by atoms with Gasteiger partial charge in [-0.3, -0.25) is 4.79 Å². The SMILES string of the molecule is O=C(Cc1ccc(Br)cc1F)c1cc(Cl)sc1Cl.